The zero-order chi connectivity index (χ0) is 8.48. The number of nitrogens with two attached hydrogens (primary N) is 1. The molecule has 0 aromatic rings. The van der Waals surface area contributed by atoms with E-state index >= 15 is 0 Å². The molecule has 1 fully saturated rings. The molecular weight excluding hydrogens is 142 g/mol. The number of ether oxygens (including phenoxy) is 1. The lowest BCUT2D eigenvalue weighted by Crippen LogP contribution is -2.32. The second-order valence-electron chi connectivity index (χ2n) is 3.54. The molecule has 1 atom stereocenters. The molecule has 3 nitrogen and oxygen atoms in total. The number of hydrogen-bond acceptors (Lipinski definition) is 3. The van der Waals surface area contributed by atoms with E-state index in [4.69, 9.17) is 5.73 Å². The third-order valence-electron chi connectivity index (χ3n) is 2.55. The zero-order valence-electron chi connectivity index (χ0n) is 7.09. The van der Waals surface area contributed by atoms with Crippen molar-refractivity contribution in [3.8, 4) is 0 Å². The Hall–Kier alpha value is -0.570. The molecule has 64 valence electrons. The smallest absolute Gasteiger partial charge is 0.307 e. The summed E-state index contributed by atoms with van der Waals surface area (Å²) in [6, 6.07) is -0.0186. The molecule has 1 aliphatic carbocycles. The van der Waals surface area contributed by atoms with E-state index in [1.54, 1.807) is 0 Å². The Labute approximate surface area is 66.9 Å². The fourth-order valence-electron chi connectivity index (χ4n) is 1.08. The minimum Gasteiger partial charge on any atom is -0.469 e. The minimum atomic E-state index is -0.203. The summed E-state index contributed by atoms with van der Waals surface area (Å²) in [6.07, 6.45) is 2.64. The first-order valence-corrected chi connectivity index (χ1v) is 3.91. The maximum Gasteiger partial charge on any atom is 0.307 e. The van der Waals surface area contributed by atoms with Crippen molar-refractivity contribution in [2.45, 2.75) is 32.2 Å². The second-order valence-corrected chi connectivity index (χ2v) is 3.54. The van der Waals surface area contributed by atoms with E-state index in [2.05, 4.69) is 11.7 Å². The summed E-state index contributed by atoms with van der Waals surface area (Å²) in [7, 11) is 1.39. The first-order valence-electron chi connectivity index (χ1n) is 3.91. The number of rotatable bonds is 3. The second kappa shape index (κ2) is 2.81. The van der Waals surface area contributed by atoms with Crippen molar-refractivity contribution in [2.75, 3.05) is 7.11 Å². The van der Waals surface area contributed by atoms with Gasteiger partial charge in [0.2, 0.25) is 0 Å². The van der Waals surface area contributed by atoms with Crippen LogP contribution < -0.4 is 5.73 Å². The van der Waals surface area contributed by atoms with E-state index in [9.17, 15) is 4.79 Å². The summed E-state index contributed by atoms with van der Waals surface area (Å²) in [6.45, 7) is 2.11. The summed E-state index contributed by atoms with van der Waals surface area (Å²) in [4.78, 5) is 10.8. The Bertz CT molecular complexity index is 163. The average Bonchev–Trinajstić information content (AvgIpc) is 2.69. The molecule has 0 aliphatic heterocycles. The number of hydrogen-bond donors (Lipinski definition) is 1. The third kappa shape index (κ3) is 1.93. The summed E-state index contributed by atoms with van der Waals surface area (Å²) < 4.78 is 4.52. The highest BCUT2D eigenvalue weighted by molar-refractivity contribution is 5.70. The van der Waals surface area contributed by atoms with Gasteiger partial charge >= 0.3 is 5.97 Å². The number of carbonyl (C=O) groups excluding carboxylic acids is 1. The molecule has 0 heterocycles. The largest absolute Gasteiger partial charge is 0.469 e. The first-order chi connectivity index (χ1) is 5.08. The maximum atomic E-state index is 10.8. The van der Waals surface area contributed by atoms with E-state index in [0.717, 1.165) is 12.8 Å². The summed E-state index contributed by atoms with van der Waals surface area (Å²) >= 11 is 0. The van der Waals surface area contributed by atoms with Crippen molar-refractivity contribution in [1.82, 2.24) is 0 Å². The lowest BCUT2D eigenvalue weighted by atomic mass is 9.97. The fraction of sp³-hybridized carbons (Fsp3) is 0.875. The van der Waals surface area contributed by atoms with Gasteiger partial charge in [-0.1, -0.05) is 6.92 Å². The van der Waals surface area contributed by atoms with Gasteiger partial charge in [-0.15, -0.1) is 0 Å². The van der Waals surface area contributed by atoms with Crippen molar-refractivity contribution >= 4 is 5.97 Å². The molecule has 0 aromatic carbocycles. The van der Waals surface area contributed by atoms with Gasteiger partial charge in [-0.25, -0.2) is 0 Å². The van der Waals surface area contributed by atoms with Crippen molar-refractivity contribution in [2.24, 2.45) is 11.1 Å². The quantitative estimate of drug-likeness (QED) is 0.613. The Kier molecular flexibility index (Phi) is 2.18. The van der Waals surface area contributed by atoms with Crippen LogP contribution in [-0.2, 0) is 9.53 Å². The zero-order valence-corrected chi connectivity index (χ0v) is 7.09. The first kappa shape index (κ1) is 8.53. The van der Waals surface area contributed by atoms with Crippen LogP contribution in [0.25, 0.3) is 0 Å². The molecule has 1 aliphatic rings. The lowest BCUT2D eigenvalue weighted by molar-refractivity contribution is -0.141. The molecule has 0 aromatic heterocycles. The van der Waals surface area contributed by atoms with Crippen LogP contribution in [0.2, 0.25) is 0 Å². The van der Waals surface area contributed by atoms with Gasteiger partial charge < -0.3 is 10.5 Å². The monoisotopic (exact) mass is 157 g/mol. The van der Waals surface area contributed by atoms with Crippen LogP contribution in [0, 0.1) is 5.41 Å². The molecule has 1 unspecified atom stereocenters. The van der Waals surface area contributed by atoms with Gasteiger partial charge in [-0.3, -0.25) is 4.79 Å². The van der Waals surface area contributed by atoms with Gasteiger partial charge in [0.15, 0.2) is 0 Å². The highest BCUT2D eigenvalue weighted by Gasteiger charge is 2.43. The van der Waals surface area contributed by atoms with Crippen molar-refractivity contribution in [3.05, 3.63) is 0 Å². The van der Waals surface area contributed by atoms with E-state index in [0.29, 0.717) is 6.42 Å². The molecule has 0 radical (unpaired) electrons. The van der Waals surface area contributed by atoms with Crippen LogP contribution in [0.15, 0.2) is 0 Å². The van der Waals surface area contributed by atoms with E-state index in [-0.39, 0.29) is 17.4 Å². The van der Waals surface area contributed by atoms with Crippen LogP contribution >= 0.6 is 0 Å². The average molecular weight is 157 g/mol. The van der Waals surface area contributed by atoms with Gasteiger partial charge in [-0.05, 0) is 18.3 Å². The molecule has 2 N–H and O–H groups in total. The van der Waals surface area contributed by atoms with Crippen molar-refractivity contribution < 1.29 is 9.53 Å². The maximum absolute atomic E-state index is 10.8. The topological polar surface area (TPSA) is 52.3 Å². The third-order valence-corrected chi connectivity index (χ3v) is 2.55. The van der Waals surface area contributed by atoms with Crippen LogP contribution in [0.3, 0.4) is 0 Å². The van der Waals surface area contributed by atoms with Crippen molar-refractivity contribution in [1.29, 1.82) is 0 Å². The fourth-order valence-corrected chi connectivity index (χ4v) is 1.08. The number of esters is 1. The molecule has 11 heavy (non-hydrogen) atoms. The number of carbonyl (C=O) groups is 1. The van der Waals surface area contributed by atoms with Crippen LogP contribution in [-0.4, -0.2) is 19.1 Å². The molecule has 3 heteroatoms. The normalized spacial score (nSPS) is 22.5. The molecule has 0 spiro atoms. The van der Waals surface area contributed by atoms with E-state index < -0.39 is 0 Å². The Morgan fingerprint density at radius 3 is 2.64 bits per heavy atom. The van der Waals surface area contributed by atoms with Gasteiger partial charge in [0.25, 0.3) is 0 Å². The van der Waals surface area contributed by atoms with E-state index in [1.165, 1.54) is 7.11 Å². The SMILES string of the molecule is COC(=O)CC(N)C1(C)CC1. The molecule has 1 saturated carbocycles. The summed E-state index contributed by atoms with van der Waals surface area (Å²) in [5.74, 6) is -0.203. The molecule has 0 saturated heterocycles. The van der Waals surface area contributed by atoms with Gasteiger partial charge in [0.05, 0.1) is 13.5 Å². The number of methoxy groups -OCH3 is 1. The van der Waals surface area contributed by atoms with E-state index in [1.807, 2.05) is 0 Å². The summed E-state index contributed by atoms with van der Waals surface area (Å²) in [5.41, 5.74) is 6.01. The Morgan fingerprint density at radius 1 is 1.73 bits per heavy atom. The molecule has 1 rings (SSSR count). The van der Waals surface area contributed by atoms with Crippen LogP contribution in [0.4, 0.5) is 0 Å². The van der Waals surface area contributed by atoms with Gasteiger partial charge in [0, 0.05) is 6.04 Å². The Balaban J connectivity index is 2.31. The van der Waals surface area contributed by atoms with Crippen LogP contribution in [0.1, 0.15) is 26.2 Å². The highest BCUT2D eigenvalue weighted by Crippen LogP contribution is 2.48. The van der Waals surface area contributed by atoms with Gasteiger partial charge in [-0.2, -0.15) is 0 Å². The van der Waals surface area contributed by atoms with Crippen LogP contribution in [0.5, 0.6) is 0 Å². The highest BCUT2D eigenvalue weighted by atomic mass is 16.5. The minimum absolute atomic E-state index is 0.0186. The molecular formula is C8H15NO2. The molecule has 0 amide bonds. The Morgan fingerprint density at radius 2 is 2.27 bits per heavy atom. The lowest BCUT2D eigenvalue weighted by Gasteiger charge is -2.16. The summed E-state index contributed by atoms with van der Waals surface area (Å²) in [5, 5.41) is 0. The van der Waals surface area contributed by atoms with Crippen molar-refractivity contribution in [3.63, 3.8) is 0 Å². The van der Waals surface area contributed by atoms with Gasteiger partial charge in [0.1, 0.15) is 0 Å². The predicted molar refractivity (Wildman–Crippen MR) is 41.9 cm³/mol. The standard InChI is InChI=1S/C8H15NO2/c1-8(3-4-8)6(9)5-7(10)11-2/h6H,3-5,9H2,1-2H3. The molecule has 0 bridgehead atoms. The predicted octanol–water partition coefficient (Wildman–Crippen LogP) is 0.677.